The maximum absolute atomic E-state index is 11.6. The molecule has 0 saturated carbocycles. The molecule has 0 bridgehead atoms. The van der Waals surface area contributed by atoms with Crippen LogP contribution < -0.4 is 5.32 Å². The molecule has 0 radical (unpaired) electrons. The number of carbonyl (C=O) groups excluding carboxylic acids is 1. The molecule has 1 heterocycles. The molecule has 1 amide bonds. The van der Waals surface area contributed by atoms with Crippen LogP contribution in [-0.4, -0.2) is 23.4 Å². The van der Waals surface area contributed by atoms with Crippen LogP contribution in [0.4, 0.5) is 0 Å². The molecule has 17 heavy (non-hydrogen) atoms. The number of rotatable bonds is 2. The Bertz CT molecular complexity index is 480. The summed E-state index contributed by atoms with van der Waals surface area (Å²) in [5.41, 5.74) is 2.21. The monoisotopic (exact) mass is 246 g/mol. The first-order valence-electron chi connectivity index (χ1n) is 5.47. The maximum atomic E-state index is 11.6. The molecule has 0 aliphatic carbocycles. The third kappa shape index (κ3) is 3.75. The van der Waals surface area contributed by atoms with Crippen LogP contribution in [0.25, 0.3) is 6.08 Å². The Morgan fingerprint density at radius 3 is 3.12 bits per heavy atom. The van der Waals surface area contributed by atoms with Crippen molar-refractivity contribution in [1.29, 1.82) is 0 Å². The number of benzene rings is 1. The van der Waals surface area contributed by atoms with Crippen LogP contribution in [0.3, 0.4) is 0 Å². The number of amides is 1. The third-order valence-corrected chi connectivity index (χ3v) is 3.18. The minimum Gasteiger partial charge on any atom is -0.302 e. The molecular formula is C13H14N2OS. The third-order valence-electron chi connectivity index (χ3n) is 2.28. The van der Waals surface area contributed by atoms with Gasteiger partial charge in [-0.05, 0) is 18.6 Å². The molecule has 1 aromatic carbocycles. The Morgan fingerprint density at radius 1 is 1.53 bits per heavy atom. The van der Waals surface area contributed by atoms with Crippen molar-refractivity contribution < 1.29 is 4.79 Å². The molecule has 1 aliphatic rings. The predicted octanol–water partition coefficient (Wildman–Crippen LogP) is 2.23. The smallest absolute Gasteiger partial charge is 0.249 e. The largest absolute Gasteiger partial charge is 0.302 e. The Balaban J connectivity index is 1.93. The fraction of sp³-hybridized carbons (Fsp3) is 0.231. The second kappa shape index (κ2) is 5.68. The van der Waals surface area contributed by atoms with E-state index in [1.54, 1.807) is 11.8 Å². The average molecular weight is 246 g/mol. The van der Waals surface area contributed by atoms with Crippen LogP contribution in [-0.2, 0) is 4.79 Å². The highest BCUT2D eigenvalue weighted by Crippen LogP contribution is 2.09. The van der Waals surface area contributed by atoms with Gasteiger partial charge < -0.3 is 5.32 Å². The lowest BCUT2D eigenvalue weighted by molar-refractivity contribution is -0.115. The van der Waals surface area contributed by atoms with E-state index in [0.717, 1.165) is 23.0 Å². The fourth-order valence-corrected chi connectivity index (χ4v) is 2.23. The maximum Gasteiger partial charge on any atom is 0.249 e. The van der Waals surface area contributed by atoms with Crippen LogP contribution in [0, 0.1) is 6.92 Å². The van der Waals surface area contributed by atoms with Crippen LogP contribution in [0.2, 0.25) is 0 Å². The van der Waals surface area contributed by atoms with Crippen LogP contribution >= 0.6 is 11.8 Å². The molecule has 0 fully saturated rings. The number of aryl methyl sites for hydroxylation is 1. The minimum atomic E-state index is -0.125. The van der Waals surface area contributed by atoms with Gasteiger partial charge in [0.2, 0.25) is 5.91 Å². The zero-order valence-corrected chi connectivity index (χ0v) is 10.5. The molecular weight excluding hydrogens is 232 g/mol. The summed E-state index contributed by atoms with van der Waals surface area (Å²) >= 11 is 1.58. The first-order chi connectivity index (χ1) is 8.24. The van der Waals surface area contributed by atoms with E-state index in [0.29, 0.717) is 0 Å². The highest BCUT2D eigenvalue weighted by atomic mass is 32.2. The molecule has 1 aliphatic heterocycles. The summed E-state index contributed by atoms with van der Waals surface area (Å²) in [5, 5.41) is 3.48. The van der Waals surface area contributed by atoms with Crippen molar-refractivity contribution in [3.8, 4) is 0 Å². The Morgan fingerprint density at radius 2 is 2.41 bits per heavy atom. The number of hydrogen-bond donors (Lipinski definition) is 1. The summed E-state index contributed by atoms with van der Waals surface area (Å²) in [5.74, 6) is 0.830. The highest BCUT2D eigenvalue weighted by Gasteiger charge is 2.08. The number of amidine groups is 1. The van der Waals surface area contributed by atoms with Crippen molar-refractivity contribution in [2.24, 2.45) is 4.99 Å². The van der Waals surface area contributed by atoms with Gasteiger partial charge in [0.05, 0.1) is 6.54 Å². The zero-order chi connectivity index (χ0) is 12.1. The van der Waals surface area contributed by atoms with Gasteiger partial charge in [-0.1, -0.05) is 41.6 Å². The molecule has 0 aromatic heterocycles. The summed E-state index contributed by atoms with van der Waals surface area (Å²) in [4.78, 5) is 15.7. The lowest BCUT2D eigenvalue weighted by Crippen LogP contribution is -2.25. The molecule has 1 N–H and O–H groups in total. The van der Waals surface area contributed by atoms with Gasteiger partial charge in [-0.25, -0.2) is 0 Å². The summed E-state index contributed by atoms with van der Waals surface area (Å²) in [6.45, 7) is 2.82. The Hall–Kier alpha value is -1.55. The van der Waals surface area contributed by atoms with E-state index in [2.05, 4.69) is 10.3 Å². The number of thioether (sulfide) groups is 1. The van der Waals surface area contributed by atoms with Gasteiger partial charge in [0.25, 0.3) is 0 Å². The molecule has 1 aromatic rings. The van der Waals surface area contributed by atoms with Crippen molar-refractivity contribution >= 4 is 28.9 Å². The first-order valence-corrected chi connectivity index (χ1v) is 6.45. The molecule has 3 nitrogen and oxygen atoms in total. The van der Waals surface area contributed by atoms with E-state index in [1.165, 1.54) is 11.6 Å². The van der Waals surface area contributed by atoms with Crippen molar-refractivity contribution in [2.75, 3.05) is 12.3 Å². The summed E-state index contributed by atoms with van der Waals surface area (Å²) < 4.78 is 0. The number of hydrogen-bond acceptors (Lipinski definition) is 3. The molecule has 0 unspecified atom stereocenters. The normalized spacial score (nSPS) is 15.0. The number of aliphatic imine (C=N–C) groups is 1. The van der Waals surface area contributed by atoms with Crippen molar-refractivity contribution in [1.82, 2.24) is 5.32 Å². The van der Waals surface area contributed by atoms with E-state index < -0.39 is 0 Å². The number of nitrogens with one attached hydrogen (secondary N) is 1. The van der Waals surface area contributed by atoms with Gasteiger partial charge in [0, 0.05) is 11.8 Å². The molecule has 0 saturated heterocycles. The topological polar surface area (TPSA) is 41.5 Å². The second-order valence-corrected chi connectivity index (χ2v) is 4.86. The van der Waals surface area contributed by atoms with E-state index in [9.17, 15) is 4.79 Å². The van der Waals surface area contributed by atoms with Crippen molar-refractivity contribution in [3.63, 3.8) is 0 Å². The zero-order valence-electron chi connectivity index (χ0n) is 9.64. The lowest BCUT2D eigenvalue weighted by atomic mass is 10.1. The first kappa shape index (κ1) is 11.9. The summed E-state index contributed by atoms with van der Waals surface area (Å²) in [6, 6.07) is 8.01. The lowest BCUT2D eigenvalue weighted by Gasteiger charge is -1.99. The summed E-state index contributed by atoms with van der Waals surface area (Å²) in [7, 11) is 0. The van der Waals surface area contributed by atoms with E-state index >= 15 is 0 Å². The molecule has 2 rings (SSSR count). The van der Waals surface area contributed by atoms with Crippen LogP contribution in [0.1, 0.15) is 11.1 Å². The highest BCUT2D eigenvalue weighted by molar-refractivity contribution is 8.14. The quantitative estimate of drug-likeness (QED) is 0.813. The van der Waals surface area contributed by atoms with Crippen molar-refractivity contribution in [3.05, 3.63) is 41.5 Å². The predicted molar refractivity (Wildman–Crippen MR) is 73.1 cm³/mol. The summed E-state index contributed by atoms with van der Waals surface area (Å²) in [6.07, 6.45) is 3.35. The SMILES string of the molecule is Cc1cccc(/C=C/C(=O)NC2=NCCS2)c1. The molecule has 88 valence electrons. The Labute approximate surface area is 105 Å². The van der Waals surface area contributed by atoms with Gasteiger partial charge in [-0.3, -0.25) is 9.79 Å². The van der Waals surface area contributed by atoms with E-state index in [1.807, 2.05) is 37.3 Å². The fourth-order valence-electron chi connectivity index (χ4n) is 1.50. The second-order valence-electron chi connectivity index (χ2n) is 3.77. The van der Waals surface area contributed by atoms with Gasteiger partial charge in [0.15, 0.2) is 5.17 Å². The van der Waals surface area contributed by atoms with Crippen LogP contribution in [0.15, 0.2) is 35.3 Å². The van der Waals surface area contributed by atoms with Crippen molar-refractivity contribution in [2.45, 2.75) is 6.92 Å². The van der Waals surface area contributed by atoms with Gasteiger partial charge in [-0.15, -0.1) is 0 Å². The molecule has 0 atom stereocenters. The molecule has 0 spiro atoms. The number of nitrogens with zero attached hydrogens (tertiary/aromatic N) is 1. The number of carbonyl (C=O) groups is 1. The van der Waals surface area contributed by atoms with Gasteiger partial charge in [0.1, 0.15) is 0 Å². The standard InChI is InChI=1S/C13H14N2OS/c1-10-3-2-4-11(9-10)5-6-12(16)15-13-14-7-8-17-13/h2-6,9H,7-8H2,1H3,(H,14,15,16)/b6-5+. The Kier molecular flexibility index (Phi) is 3.98. The van der Waals surface area contributed by atoms with E-state index in [4.69, 9.17) is 0 Å². The van der Waals surface area contributed by atoms with Crippen LogP contribution in [0.5, 0.6) is 0 Å². The molecule has 4 heteroatoms. The van der Waals surface area contributed by atoms with E-state index in [-0.39, 0.29) is 5.91 Å². The van der Waals surface area contributed by atoms with Gasteiger partial charge in [-0.2, -0.15) is 0 Å². The average Bonchev–Trinajstić information content (AvgIpc) is 2.79. The van der Waals surface area contributed by atoms with Gasteiger partial charge >= 0.3 is 0 Å². The minimum absolute atomic E-state index is 0.125.